The first-order valence-corrected chi connectivity index (χ1v) is 9.96. The summed E-state index contributed by atoms with van der Waals surface area (Å²) in [6.07, 6.45) is 8.59. The van der Waals surface area contributed by atoms with E-state index in [0.29, 0.717) is 11.5 Å². The lowest BCUT2D eigenvalue weighted by atomic mass is 9.66. The summed E-state index contributed by atoms with van der Waals surface area (Å²) in [7, 11) is 0. The highest BCUT2D eigenvalue weighted by Crippen LogP contribution is 2.46. The zero-order chi connectivity index (χ0) is 18.9. The third-order valence-corrected chi connectivity index (χ3v) is 6.29. The molecule has 1 fully saturated rings. The fraction of sp³-hybridized carbons (Fsp3) is 0.500. The number of phenolic OH excluding ortho intramolecular Hbond substituents is 2. The topological polar surface area (TPSA) is 40.5 Å². The van der Waals surface area contributed by atoms with Crippen molar-refractivity contribution < 1.29 is 10.2 Å². The van der Waals surface area contributed by atoms with Gasteiger partial charge in [0, 0.05) is 5.41 Å². The van der Waals surface area contributed by atoms with Crippen LogP contribution in [0, 0.1) is 27.7 Å². The second-order valence-electron chi connectivity index (χ2n) is 8.27. The predicted octanol–water partition coefficient (Wildman–Crippen LogP) is 6.36. The molecular formula is C24H32O2. The van der Waals surface area contributed by atoms with Gasteiger partial charge in [-0.25, -0.2) is 0 Å². The minimum atomic E-state index is -0.0349. The van der Waals surface area contributed by atoms with Crippen LogP contribution in [0.15, 0.2) is 24.3 Å². The summed E-state index contributed by atoms with van der Waals surface area (Å²) in [4.78, 5) is 0. The Morgan fingerprint density at radius 2 is 0.885 bits per heavy atom. The van der Waals surface area contributed by atoms with Crippen molar-refractivity contribution in [2.75, 3.05) is 0 Å². The zero-order valence-electron chi connectivity index (χ0n) is 16.7. The van der Waals surface area contributed by atoms with Gasteiger partial charge in [-0.2, -0.15) is 0 Å². The van der Waals surface area contributed by atoms with E-state index in [2.05, 4.69) is 24.3 Å². The molecule has 2 aromatic rings. The highest BCUT2D eigenvalue weighted by Gasteiger charge is 2.35. The Morgan fingerprint density at radius 3 is 1.23 bits per heavy atom. The van der Waals surface area contributed by atoms with Gasteiger partial charge in [-0.05, 0) is 73.9 Å². The number of aromatic hydroxyl groups is 2. The van der Waals surface area contributed by atoms with Gasteiger partial charge < -0.3 is 10.2 Å². The molecule has 3 rings (SSSR count). The zero-order valence-corrected chi connectivity index (χ0v) is 16.7. The lowest BCUT2D eigenvalue weighted by Gasteiger charge is -2.38. The standard InChI is InChI=1S/C24H32O2/c1-16-12-20(13-17(2)22(16)25)24(10-8-6-5-7-9-11-24)21-14-18(3)23(26)19(4)15-21/h12-15,25-26H,5-11H2,1-4H3. The van der Waals surface area contributed by atoms with Crippen LogP contribution in [-0.2, 0) is 5.41 Å². The van der Waals surface area contributed by atoms with E-state index in [4.69, 9.17) is 0 Å². The smallest absolute Gasteiger partial charge is 0.121 e. The maximum atomic E-state index is 10.3. The molecule has 26 heavy (non-hydrogen) atoms. The predicted molar refractivity (Wildman–Crippen MR) is 108 cm³/mol. The Balaban J connectivity index is 2.23. The van der Waals surface area contributed by atoms with Crippen molar-refractivity contribution in [1.29, 1.82) is 0 Å². The SMILES string of the molecule is Cc1cc(C2(c3cc(C)c(O)c(C)c3)CCCCCCC2)cc(C)c1O. The van der Waals surface area contributed by atoms with Gasteiger partial charge in [0.2, 0.25) is 0 Å². The van der Waals surface area contributed by atoms with Crippen molar-refractivity contribution in [2.24, 2.45) is 0 Å². The third kappa shape index (κ3) is 3.34. The van der Waals surface area contributed by atoms with Gasteiger partial charge in [-0.1, -0.05) is 56.4 Å². The third-order valence-electron chi connectivity index (χ3n) is 6.29. The van der Waals surface area contributed by atoms with Gasteiger partial charge >= 0.3 is 0 Å². The molecule has 0 bridgehead atoms. The molecule has 2 heteroatoms. The largest absolute Gasteiger partial charge is 0.507 e. The molecule has 0 amide bonds. The van der Waals surface area contributed by atoms with Crippen molar-refractivity contribution in [2.45, 2.75) is 78.1 Å². The molecule has 140 valence electrons. The Bertz CT molecular complexity index is 690. The molecule has 0 aromatic heterocycles. The van der Waals surface area contributed by atoms with Crippen molar-refractivity contribution in [3.63, 3.8) is 0 Å². The number of aryl methyl sites for hydroxylation is 4. The number of benzene rings is 2. The van der Waals surface area contributed by atoms with Crippen LogP contribution in [0.3, 0.4) is 0 Å². The van der Waals surface area contributed by atoms with Crippen molar-refractivity contribution >= 4 is 0 Å². The molecule has 2 N–H and O–H groups in total. The van der Waals surface area contributed by atoms with E-state index < -0.39 is 0 Å². The minimum absolute atomic E-state index is 0.0349. The van der Waals surface area contributed by atoms with E-state index >= 15 is 0 Å². The molecule has 0 atom stereocenters. The van der Waals surface area contributed by atoms with Gasteiger partial charge in [-0.15, -0.1) is 0 Å². The number of hydrogen-bond donors (Lipinski definition) is 2. The average molecular weight is 353 g/mol. The lowest BCUT2D eigenvalue weighted by Crippen LogP contribution is -2.29. The molecule has 1 saturated carbocycles. The van der Waals surface area contributed by atoms with Crippen LogP contribution >= 0.6 is 0 Å². The maximum absolute atomic E-state index is 10.3. The quantitative estimate of drug-likeness (QED) is 0.660. The second kappa shape index (κ2) is 7.34. The van der Waals surface area contributed by atoms with Gasteiger partial charge in [-0.3, -0.25) is 0 Å². The summed E-state index contributed by atoms with van der Waals surface area (Å²) >= 11 is 0. The average Bonchev–Trinajstić information content (AvgIpc) is 2.57. The maximum Gasteiger partial charge on any atom is 0.121 e. The van der Waals surface area contributed by atoms with Gasteiger partial charge in [0.05, 0.1) is 0 Å². The molecule has 2 aromatic carbocycles. The Kier molecular flexibility index (Phi) is 5.32. The van der Waals surface area contributed by atoms with E-state index in [9.17, 15) is 10.2 Å². The molecular weight excluding hydrogens is 320 g/mol. The molecule has 0 saturated heterocycles. The molecule has 1 aliphatic carbocycles. The lowest BCUT2D eigenvalue weighted by molar-refractivity contribution is 0.364. The first-order chi connectivity index (χ1) is 12.3. The first kappa shape index (κ1) is 18.8. The summed E-state index contributed by atoms with van der Waals surface area (Å²) in [5.41, 5.74) is 6.41. The fourth-order valence-electron chi connectivity index (χ4n) is 4.72. The molecule has 0 aliphatic heterocycles. The van der Waals surface area contributed by atoms with Crippen molar-refractivity contribution in [3.8, 4) is 11.5 Å². The van der Waals surface area contributed by atoms with Gasteiger partial charge in [0.25, 0.3) is 0 Å². The van der Waals surface area contributed by atoms with Gasteiger partial charge in [0.1, 0.15) is 11.5 Å². The van der Waals surface area contributed by atoms with Crippen molar-refractivity contribution in [3.05, 3.63) is 57.6 Å². The number of rotatable bonds is 2. The van der Waals surface area contributed by atoms with E-state index in [0.717, 1.165) is 35.1 Å². The summed E-state index contributed by atoms with van der Waals surface area (Å²) in [5.74, 6) is 0.820. The van der Waals surface area contributed by atoms with Crippen LogP contribution in [0.4, 0.5) is 0 Å². The second-order valence-corrected chi connectivity index (χ2v) is 8.27. The van der Waals surface area contributed by atoms with Crippen LogP contribution in [0.1, 0.15) is 78.3 Å². The number of hydrogen-bond acceptors (Lipinski definition) is 2. The molecule has 0 unspecified atom stereocenters. The molecule has 2 nitrogen and oxygen atoms in total. The summed E-state index contributed by atoms with van der Waals surface area (Å²) in [6, 6.07) is 8.73. The van der Waals surface area contributed by atoms with Gasteiger partial charge in [0.15, 0.2) is 0 Å². The Hall–Kier alpha value is -1.96. The van der Waals surface area contributed by atoms with Crippen molar-refractivity contribution in [1.82, 2.24) is 0 Å². The van der Waals surface area contributed by atoms with Crippen LogP contribution in [0.25, 0.3) is 0 Å². The Morgan fingerprint density at radius 1 is 0.577 bits per heavy atom. The first-order valence-electron chi connectivity index (χ1n) is 9.96. The number of phenols is 2. The van der Waals surface area contributed by atoms with E-state index in [-0.39, 0.29) is 5.41 Å². The van der Waals surface area contributed by atoms with E-state index in [1.54, 1.807) is 0 Å². The van der Waals surface area contributed by atoms with Crippen LogP contribution in [-0.4, -0.2) is 10.2 Å². The van der Waals surface area contributed by atoms with E-state index in [1.807, 2.05) is 27.7 Å². The minimum Gasteiger partial charge on any atom is -0.507 e. The molecule has 1 aliphatic rings. The highest BCUT2D eigenvalue weighted by molar-refractivity contribution is 5.52. The molecule has 0 radical (unpaired) electrons. The summed E-state index contributed by atoms with van der Waals surface area (Å²) in [5, 5.41) is 20.6. The molecule has 0 spiro atoms. The monoisotopic (exact) mass is 352 g/mol. The Labute approximate surface area is 157 Å². The van der Waals surface area contributed by atoms with Crippen LogP contribution in [0.5, 0.6) is 11.5 Å². The fourth-order valence-corrected chi connectivity index (χ4v) is 4.72. The van der Waals surface area contributed by atoms with E-state index in [1.165, 1.54) is 43.2 Å². The summed E-state index contributed by atoms with van der Waals surface area (Å²) in [6.45, 7) is 7.98. The summed E-state index contributed by atoms with van der Waals surface area (Å²) < 4.78 is 0. The van der Waals surface area contributed by atoms with Crippen LogP contribution < -0.4 is 0 Å². The van der Waals surface area contributed by atoms with Crippen LogP contribution in [0.2, 0.25) is 0 Å². The molecule has 0 heterocycles. The highest BCUT2D eigenvalue weighted by atomic mass is 16.3. The normalized spacial score (nSPS) is 17.5.